The molecule has 5 rings (SSSR count). The van der Waals surface area contributed by atoms with Crippen molar-refractivity contribution in [3.63, 3.8) is 0 Å². The molecule has 3 atom stereocenters. The fourth-order valence-corrected chi connectivity index (χ4v) is 7.61. The molecule has 0 spiro atoms. The van der Waals surface area contributed by atoms with Crippen LogP contribution >= 0.6 is 39.0 Å². The number of hydrogen-bond acceptors (Lipinski definition) is 7. The van der Waals surface area contributed by atoms with Gasteiger partial charge in [-0.25, -0.2) is 4.90 Å². The van der Waals surface area contributed by atoms with Crippen molar-refractivity contribution in [2.75, 3.05) is 11.5 Å². The summed E-state index contributed by atoms with van der Waals surface area (Å²) >= 11 is 5.66. The average molecular weight is 573 g/mol. The minimum Gasteiger partial charge on any atom is -0.465 e. The highest BCUT2D eigenvalue weighted by Gasteiger charge is 2.56. The Balaban J connectivity index is 1.64. The molecule has 1 aromatic heterocycles. The monoisotopic (exact) mass is 572 g/mol. The average Bonchev–Trinajstić information content (AvgIpc) is 3.27. The topological polar surface area (TPSA) is 85.7 Å². The van der Waals surface area contributed by atoms with Crippen LogP contribution in [-0.2, 0) is 25.7 Å². The number of carbonyl (C=O) groups is 3. The molecule has 1 saturated heterocycles. The number of rotatable bonds is 5. The summed E-state index contributed by atoms with van der Waals surface area (Å²) in [5.41, 5.74) is 2.39. The van der Waals surface area contributed by atoms with Crippen molar-refractivity contribution in [1.82, 2.24) is 4.57 Å². The van der Waals surface area contributed by atoms with Gasteiger partial charge in [-0.2, -0.15) is 0 Å². The third-order valence-corrected chi connectivity index (χ3v) is 9.30. The summed E-state index contributed by atoms with van der Waals surface area (Å²) in [6.07, 6.45) is 0. The predicted molar refractivity (Wildman–Crippen MR) is 138 cm³/mol. The summed E-state index contributed by atoms with van der Waals surface area (Å²) in [7, 11) is 0. The number of anilines is 1. The number of ether oxygens (including phenoxy) is 1. The van der Waals surface area contributed by atoms with Crippen LogP contribution < -0.4 is 9.77 Å². The number of hydrogen-bond donors (Lipinski definition) is 0. The van der Waals surface area contributed by atoms with Gasteiger partial charge in [0.25, 0.3) is 0 Å². The number of nitrogens with zero attached hydrogens (tertiary/aromatic N) is 2. The fourth-order valence-electron chi connectivity index (χ4n) is 4.57. The van der Waals surface area contributed by atoms with E-state index in [1.54, 1.807) is 19.1 Å². The molecule has 2 aliphatic rings. The quantitative estimate of drug-likeness (QED) is 0.334. The predicted octanol–water partition coefficient (Wildman–Crippen LogP) is 4.34. The van der Waals surface area contributed by atoms with Gasteiger partial charge in [-0.3, -0.25) is 23.7 Å². The largest absolute Gasteiger partial charge is 0.465 e. The van der Waals surface area contributed by atoms with Gasteiger partial charge in [0.2, 0.25) is 11.8 Å². The molecule has 180 valence electrons. The number of aromatic nitrogens is 1. The van der Waals surface area contributed by atoms with E-state index in [1.165, 1.54) is 21.2 Å². The van der Waals surface area contributed by atoms with E-state index in [2.05, 4.69) is 15.9 Å². The smallest absolute Gasteiger partial charge is 0.326 e. The summed E-state index contributed by atoms with van der Waals surface area (Å²) in [5.74, 6) is -2.28. The number of halogens is 1. The Kier molecular flexibility index (Phi) is 6.45. The van der Waals surface area contributed by atoms with Crippen molar-refractivity contribution in [3.05, 3.63) is 78.7 Å². The Morgan fingerprint density at radius 1 is 1.03 bits per heavy atom. The van der Waals surface area contributed by atoms with Gasteiger partial charge >= 0.3 is 10.8 Å². The van der Waals surface area contributed by atoms with Crippen LogP contribution in [0.2, 0.25) is 0 Å². The van der Waals surface area contributed by atoms with E-state index in [0.717, 1.165) is 26.9 Å². The Hall–Kier alpha value is -2.69. The van der Waals surface area contributed by atoms with Gasteiger partial charge < -0.3 is 4.74 Å². The number of imide groups is 1. The SMILES string of the molecule is CCOC(=O)Cn1c2c(sc1=O)[C@H](c1ccc(Br)cc1)C1C(=O)N(c3ccc(C)cc3)C(=O)C1S2. The van der Waals surface area contributed by atoms with E-state index in [1.807, 2.05) is 43.3 Å². The minimum atomic E-state index is -0.715. The Bertz CT molecular complexity index is 1380. The third kappa shape index (κ3) is 4.17. The molecule has 2 unspecified atom stereocenters. The maximum Gasteiger partial charge on any atom is 0.326 e. The zero-order valence-corrected chi connectivity index (χ0v) is 22.1. The maximum absolute atomic E-state index is 13.8. The third-order valence-electron chi connectivity index (χ3n) is 6.16. The van der Waals surface area contributed by atoms with E-state index >= 15 is 0 Å². The van der Waals surface area contributed by atoms with Crippen molar-refractivity contribution in [3.8, 4) is 0 Å². The number of fused-ring (bicyclic) bond motifs is 2. The minimum absolute atomic E-state index is 0.206. The molecule has 1 fully saturated rings. The lowest BCUT2D eigenvalue weighted by Gasteiger charge is -2.30. The maximum atomic E-state index is 13.8. The number of thiazole rings is 1. The highest BCUT2D eigenvalue weighted by Crippen LogP contribution is 2.53. The van der Waals surface area contributed by atoms with Crippen LogP contribution in [0.4, 0.5) is 5.69 Å². The van der Waals surface area contributed by atoms with Crippen LogP contribution in [-0.4, -0.2) is 34.2 Å². The summed E-state index contributed by atoms with van der Waals surface area (Å²) in [6.45, 7) is 3.62. The first-order valence-electron chi connectivity index (χ1n) is 11.1. The lowest BCUT2D eigenvalue weighted by atomic mass is 9.83. The molecular weight excluding hydrogens is 552 g/mol. The van der Waals surface area contributed by atoms with Crippen molar-refractivity contribution in [1.29, 1.82) is 0 Å². The van der Waals surface area contributed by atoms with Gasteiger partial charge in [-0.15, -0.1) is 0 Å². The highest BCUT2D eigenvalue weighted by atomic mass is 79.9. The van der Waals surface area contributed by atoms with Gasteiger partial charge in [0, 0.05) is 15.3 Å². The number of thioether (sulfide) groups is 1. The van der Waals surface area contributed by atoms with Crippen LogP contribution in [0.25, 0.3) is 0 Å². The Labute approximate surface area is 218 Å². The molecule has 0 radical (unpaired) electrons. The fraction of sp³-hybridized carbons (Fsp3) is 0.280. The molecule has 7 nitrogen and oxygen atoms in total. The van der Waals surface area contributed by atoms with Crippen molar-refractivity contribution in [2.24, 2.45) is 5.92 Å². The van der Waals surface area contributed by atoms with Crippen LogP contribution in [0.15, 0.2) is 62.8 Å². The van der Waals surface area contributed by atoms with E-state index < -0.39 is 23.1 Å². The molecule has 3 aromatic rings. The van der Waals surface area contributed by atoms with E-state index in [4.69, 9.17) is 4.74 Å². The van der Waals surface area contributed by atoms with Gasteiger partial charge in [-0.05, 0) is 43.7 Å². The van der Waals surface area contributed by atoms with Crippen molar-refractivity contribution in [2.45, 2.75) is 36.6 Å². The van der Waals surface area contributed by atoms with Gasteiger partial charge in [0.15, 0.2) is 0 Å². The first-order valence-corrected chi connectivity index (χ1v) is 13.5. The second-order valence-electron chi connectivity index (χ2n) is 8.37. The lowest BCUT2D eigenvalue weighted by Crippen LogP contribution is -2.32. The first-order chi connectivity index (χ1) is 16.8. The van der Waals surface area contributed by atoms with Gasteiger partial charge in [-0.1, -0.05) is 68.9 Å². The molecule has 2 amide bonds. The highest BCUT2D eigenvalue weighted by molar-refractivity contribution is 9.10. The Morgan fingerprint density at radius 3 is 2.37 bits per heavy atom. The summed E-state index contributed by atoms with van der Waals surface area (Å²) in [6, 6.07) is 14.8. The second-order valence-corrected chi connectivity index (χ2v) is 11.4. The summed E-state index contributed by atoms with van der Waals surface area (Å²) in [5, 5.41) is -0.165. The van der Waals surface area contributed by atoms with Crippen LogP contribution in [0.3, 0.4) is 0 Å². The number of carbonyl (C=O) groups excluding carboxylic acids is 3. The number of aryl methyl sites for hydroxylation is 1. The lowest BCUT2D eigenvalue weighted by molar-refractivity contribution is -0.144. The zero-order chi connectivity index (χ0) is 24.9. The Morgan fingerprint density at radius 2 is 1.71 bits per heavy atom. The molecule has 10 heteroatoms. The molecule has 0 aliphatic carbocycles. The number of amides is 2. The number of benzene rings is 2. The molecule has 3 heterocycles. The van der Waals surface area contributed by atoms with Gasteiger partial charge in [0.05, 0.1) is 23.2 Å². The number of esters is 1. The standard InChI is InChI=1S/C25H21BrN2O5S2/c1-3-33-17(29)12-27-24-21(35-25(27)32)18(14-6-8-15(26)9-7-14)19-20(34-24)23(31)28(22(19)30)16-10-4-13(2)5-11-16/h4-11,18-20H,3,12H2,1-2H3/t18-,19?,20?/m1/s1. The van der Waals surface area contributed by atoms with Crippen LogP contribution in [0.1, 0.15) is 28.8 Å². The van der Waals surface area contributed by atoms with E-state index in [0.29, 0.717) is 15.6 Å². The van der Waals surface area contributed by atoms with Gasteiger partial charge in [0.1, 0.15) is 11.8 Å². The zero-order valence-electron chi connectivity index (χ0n) is 18.9. The molecule has 0 N–H and O–H groups in total. The molecule has 0 saturated carbocycles. The van der Waals surface area contributed by atoms with Crippen LogP contribution in [0.5, 0.6) is 0 Å². The second kappa shape index (κ2) is 9.40. The summed E-state index contributed by atoms with van der Waals surface area (Å²) < 4.78 is 7.31. The molecular formula is C25H21BrN2O5S2. The summed E-state index contributed by atoms with van der Waals surface area (Å²) in [4.78, 5) is 54.2. The first kappa shape index (κ1) is 24.0. The normalized spacial score (nSPS) is 21.1. The molecule has 0 bridgehead atoms. The van der Waals surface area contributed by atoms with E-state index in [9.17, 15) is 19.2 Å². The van der Waals surface area contributed by atoms with E-state index in [-0.39, 0.29) is 29.8 Å². The van der Waals surface area contributed by atoms with Crippen LogP contribution in [0, 0.1) is 12.8 Å². The molecule has 35 heavy (non-hydrogen) atoms. The van der Waals surface area contributed by atoms with Crippen molar-refractivity contribution >= 4 is 62.5 Å². The van der Waals surface area contributed by atoms with Crippen molar-refractivity contribution < 1.29 is 19.1 Å². The molecule has 2 aliphatic heterocycles. The molecule has 2 aromatic carbocycles.